The Bertz CT molecular complexity index is 564. The minimum absolute atomic E-state index is 0.0763. The van der Waals surface area contributed by atoms with Crippen LogP contribution in [0.5, 0.6) is 0 Å². The fourth-order valence-electron chi connectivity index (χ4n) is 3.29. The minimum atomic E-state index is -0.769. The summed E-state index contributed by atoms with van der Waals surface area (Å²) >= 11 is 0. The van der Waals surface area contributed by atoms with E-state index in [1.54, 1.807) is 0 Å². The lowest BCUT2D eigenvalue weighted by molar-refractivity contribution is -0.168. The average molecular weight is 294 g/mol. The first-order valence-corrected chi connectivity index (χ1v) is 6.66. The molecule has 5 unspecified atom stereocenters. The summed E-state index contributed by atoms with van der Waals surface area (Å²) in [5, 5.41) is 0. The smallest absolute Gasteiger partial charge is 0.344 e. The number of hydrogen-bond donors (Lipinski definition) is 0. The summed E-state index contributed by atoms with van der Waals surface area (Å²) in [5.41, 5.74) is 0.172. The highest BCUT2D eigenvalue weighted by atomic mass is 16.6. The van der Waals surface area contributed by atoms with Gasteiger partial charge >= 0.3 is 17.9 Å². The van der Waals surface area contributed by atoms with Crippen LogP contribution >= 0.6 is 0 Å². The zero-order chi connectivity index (χ0) is 15.3. The Hall–Kier alpha value is -2.18. The summed E-state index contributed by atoms with van der Waals surface area (Å²) in [7, 11) is 0. The van der Waals surface area contributed by atoms with E-state index in [0.29, 0.717) is 6.42 Å². The van der Waals surface area contributed by atoms with Crippen molar-refractivity contribution >= 4 is 23.7 Å². The number of ketones is 1. The van der Waals surface area contributed by atoms with Gasteiger partial charge in [-0.3, -0.25) is 9.59 Å². The second-order valence-corrected chi connectivity index (χ2v) is 5.59. The summed E-state index contributed by atoms with van der Waals surface area (Å²) in [5.74, 6) is -3.29. The van der Waals surface area contributed by atoms with Gasteiger partial charge < -0.3 is 14.2 Å². The van der Waals surface area contributed by atoms with E-state index in [2.05, 4.69) is 11.3 Å². The lowest BCUT2D eigenvalue weighted by Crippen LogP contribution is -2.37. The van der Waals surface area contributed by atoms with E-state index in [1.807, 2.05) is 0 Å². The SMILES string of the molecule is C=C(C)C(=O)OCC(=O)OC1C2CC3C(=O)OC1C3C2=O. The molecule has 7 nitrogen and oxygen atoms in total. The number of ether oxygens (including phenoxy) is 3. The molecule has 0 radical (unpaired) electrons. The first-order chi connectivity index (χ1) is 9.90. The average Bonchev–Trinajstić information content (AvgIpc) is 2.97. The largest absolute Gasteiger partial charge is 0.457 e. The van der Waals surface area contributed by atoms with E-state index >= 15 is 0 Å². The van der Waals surface area contributed by atoms with Gasteiger partial charge in [-0.15, -0.1) is 0 Å². The minimum Gasteiger partial charge on any atom is -0.457 e. The van der Waals surface area contributed by atoms with Crippen molar-refractivity contribution in [2.45, 2.75) is 25.6 Å². The summed E-state index contributed by atoms with van der Waals surface area (Å²) in [6, 6.07) is 0. The summed E-state index contributed by atoms with van der Waals surface area (Å²) in [6.07, 6.45) is -1.08. The van der Waals surface area contributed by atoms with E-state index in [1.165, 1.54) is 6.92 Å². The first kappa shape index (κ1) is 13.8. The summed E-state index contributed by atoms with van der Waals surface area (Å²) in [4.78, 5) is 46.4. The normalized spacial score (nSPS) is 35.6. The molecule has 0 aromatic heterocycles. The van der Waals surface area contributed by atoms with Gasteiger partial charge in [0.05, 0.1) is 17.8 Å². The van der Waals surface area contributed by atoms with Crippen LogP contribution in [0, 0.1) is 17.8 Å². The van der Waals surface area contributed by atoms with Gasteiger partial charge in [0.25, 0.3) is 0 Å². The fourth-order valence-corrected chi connectivity index (χ4v) is 3.29. The topological polar surface area (TPSA) is 96.0 Å². The predicted molar refractivity (Wildman–Crippen MR) is 65.6 cm³/mol. The Morgan fingerprint density at radius 2 is 2.05 bits per heavy atom. The molecule has 112 valence electrons. The van der Waals surface area contributed by atoms with Crippen molar-refractivity contribution in [2.75, 3.05) is 6.61 Å². The van der Waals surface area contributed by atoms with Crippen LogP contribution in [0.3, 0.4) is 0 Å². The number of rotatable bonds is 4. The van der Waals surface area contributed by atoms with Crippen LogP contribution in [0.4, 0.5) is 0 Å². The first-order valence-electron chi connectivity index (χ1n) is 6.66. The second kappa shape index (κ2) is 4.68. The Morgan fingerprint density at radius 1 is 1.33 bits per heavy atom. The second-order valence-electron chi connectivity index (χ2n) is 5.59. The molecule has 1 aliphatic heterocycles. The zero-order valence-corrected chi connectivity index (χ0v) is 11.4. The highest BCUT2D eigenvalue weighted by Gasteiger charge is 2.68. The maximum absolute atomic E-state index is 12.0. The van der Waals surface area contributed by atoms with E-state index in [4.69, 9.17) is 9.47 Å². The number of Topliss-reactive ketones (excluding diaryl/α,β-unsaturated/α-hetero) is 1. The number of carbonyl (C=O) groups is 4. The molecule has 0 amide bonds. The van der Waals surface area contributed by atoms with Crippen LogP contribution in [-0.2, 0) is 33.4 Å². The van der Waals surface area contributed by atoms with Crippen LogP contribution < -0.4 is 0 Å². The molecule has 3 rings (SSSR count). The molecule has 1 heterocycles. The van der Waals surface area contributed by atoms with Crippen molar-refractivity contribution in [3.63, 3.8) is 0 Å². The number of hydrogen-bond acceptors (Lipinski definition) is 7. The van der Waals surface area contributed by atoms with Gasteiger partial charge in [0.1, 0.15) is 18.0 Å². The highest BCUT2D eigenvalue weighted by molar-refractivity contribution is 5.98. The maximum Gasteiger partial charge on any atom is 0.344 e. The Balaban J connectivity index is 1.60. The molecule has 1 saturated heterocycles. The molecular formula is C14H14O7. The van der Waals surface area contributed by atoms with Crippen molar-refractivity contribution in [3.8, 4) is 0 Å². The molecule has 2 bridgehead atoms. The van der Waals surface area contributed by atoms with Gasteiger partial charge in [-0.1, -0.05) is 6.58 Å². The standard InChI is InChI=1S/C14H14O7/c1-5(2)13(17)19-4-8(15)20-11-7-3-6-9(10(7)16)12(11)21-14(6)18/h6-7,9,11-12H,1,3-4H2,2H3. The predicted octanol–water partition coefficient (Wildman–Crippen LogP) is -0.222. The summed E-state index contributed by atoms with van der Waals surface area (Å²) in [6.45, 7) is 4.29. The zero-order valence-electron chi connectivity index (χ0n) is 11.4. The molecule has 0 spiro atoms. The molecule has 3 fully saturated rings. The van der Waals surface area contributed by atoms with Crippen molar-refractivity contribution in [3.05, 3.63) is 12.2 Å². The number of esters is 3. The molecule has 2 aliphatic carbocycles. The highest BCUT2D eigenvalue weighted by Crippen LogP contribution is 2.53. The van der Waals surface area contributed by atoms with Crippen LogP contribution in [0.25, 0.3) is 0 Å². The van der Waals surface area contributed by atoms with Crippen molar-refractivity contribution in [2.24, 2.45) is 17.8 Å². The van der Waals surface area contributed by atoms with Gasteiger partial charge in [0, 0.05) is 5.57 Å². The Morgan fingerprint density at radius 3 is 2.71 bits per heavy atom. The molecule has 0 aromatic carbocycles. The van der Waals surface area contributed by atoms with Gasteiger partial charge in [-0.25, -0.2) is 9.59 Å². The van der Waals surface area contributed by atoms with Crippen LogP contribution in [0.15, 0.2) is 12.2 Å². The molecule has 3 aliphatic rings. The van der Waals surface area contributed by atoms with Crippen molar-refractivity contribution in [1.29, 1.82) is 0 Å². The van der Waals surface area contributed by atoms with E-state index < -0.39 is 48.6 Å². The third-order valence-electron chi connectivity index (χ3n) is 4.20. The van der Waals surface area contributed by atoms with Crippen LogP contribution in [0.1, 0.15) is 13.3 Å². The monoisotopic (exact) mass is 294 g/mol. The Kier molecular flexibility index (Phi) is 3.07. The van der Waals surface area contributed by atoms with Crippen LogP contribution in [-0.4, -0.2) is 42.5 Å². The van der Waals surface area contributed by atoms with Gasteiger partial charge in [-0.2, -0.15) is 0 Å². The maximum atomic E-state index is 12.0. The third kappa shape index (κ3) is 2.03. The molecule has 2 saturated carbocycles. The molecule has 7 heteroatoms. The molecular weight excluding hydrogens is 280 g/mol. The molecule has 5 atom stereocenters. The van der Waals surface area contributed by atoms with Gasteiger partial charge in [0.2, 0.25) is 0 Å². The van der Waals surface area contributed by atoms with Crippen molar-refractivity contribution < 1.29 is 33.4 Å². The number of fused-ring (bicyclic) bond motifs is 1. The van der Waals surface area contributed by atoms with E-state index in [-0.39, 0.29) is 17.3 Å². The van der Waals surface area contributed by atoms with Crippen molar-refractivity contribution in [1.82, 2.24) is 0 Å². The van der Waals surface area contributed by atoms with E-state index in [0.717, 1.165) is 0 Å². The quantitative estimate of drug-likeness (QED) is 0.401. The third-order valence-corrected chi connectivity index (χ3v) is 4.20. The van der Waals surface area contributed by atoms with Gasteiger partial charge in [0.15, 0.2) is 6.61 Å². The van der Waals surface area contributed by atoms with E-state index in [9.17, 15) is 19.2 Å². The number of carbonyl (C=O) groups excluding carboxylic acids is 4. The fraction of sp³-hybridized carbons (Fsp3) is 0.571. The molecule has 0 aromatic rings. The molecule has 21 heavy (non-hydrogen) atoms. The molecule has 0 N–H and O–H groups in total. The lowest BCUT2D eigenvalue weighted by atomic mass is 9.88. The Labute approximate surface area is 120 Å². The van der Waals surface area contributed by atoms with Gasteiger partial charge in [-0.05, 0) is 13.3 Å². The summed E-state index contributed by atoms with van der Waals surface area (Å²) < 4.78 is 15.0. The van der Waals surface area contributed by atoms with Crippen LogP contribution in [0.2, 0.25) is 0 Å². The lowest BCUT2D eigenvalue weighted by Gasteiger charge is -2.23.